The number of hydrogen-bond donors (Lipinski definition) is 0. The maximum atomic E-state index is 13.9. The molecule has 9 nitrogen and oxygen atoms in total. The molecule has 47 heavy (non-hydrogen) atoms. The molecule has 2 heterocycles. The van der Waals surface area contributed by atoms with Crippen LogP contribution < -0.4 is 28.4 Å². The van der Waals surface area contributed by atoms with Gasteiger partial charge in [0, 0.05) is 28.3 Å². The van der Waals surface area contributed by atoms with E-state index in [0.717, 1.165) is 27.4 Å². The normalized spacial score (nSPS) is 11.4. The average Bonchev–Trinajstić information content (AvgIpc) is 3.38. The quantitative estimate of drug-likeness (QED) is 0.125. The highest BCUT2D eigenvalue weighted by atomic mass is 16.5. The molecule has 248 valence electrons. The lowest BCUT2D eigenvalue weighted by molar-refractivity contribution is 0.0594. The summed E-state index contributed by atoms with van der Waals surface area (Å²) in [5, 5.41) is 1.74. The largest absolute Gasteiger partial charge is 0.493 e. The van der Waals surface area contributed by atoms with Crippen molar-refractivity contribution in [3.05, 3.63) is 66.5 Å². The number of rotatable bonds is 12. The first kappa shape index (κ1) is 33.3. The van der Waals surface area contributed by atoms with E-state index in [4.69, 9.17) is 33.2 Å². The molecular formula is C38H43NO8. The minimum Gasteiger partial charge on any atom is -0.493 e. The van der Waals surface area contributed by atoms with E-state index in [0.29, 0.717) is 51.3 Å². The highest BCUT2D eigenvalue weighted by Crippen LogP contribution is 2.52. The van der Waals surface area contributed by atoms with Crippen molar-refractivity contribution < 1.29 is 38.0 Å². The van der Waals surface area contributed by atoms with Gasteiger partial charge in [-0.2, -0.15) is 0 Å². The van der Waals surface area contributed by atoms with E-state index < -0.39 is 5.97 Å². The third-order valence-corrected chi connectivity index (χ3v) is 7.56. The molecule has 9 heteroatoms. The van der Waals surface area contributed by atoms with Crippen LogP contribution in [-0.2, 0) is 4.74 Å². The number of carbonyl (C=O) groups is 1. The fourth-order valence-corrected chi connectivity index (χ4v) is 5.87. The molecule has 5 rings (SSSR count). The summed E-state index contributed by atoms with van der Waals surface area (Å²) in [6.07, 6.45) is 1.56. The number of esters is 1. The van der Waals surface area contributed by atoms with E-state index in [2.05, 4.69) is 0 Å². The lowest BCUT2D eigenvalue weighted by Crippen LogP contribution is -2.10. The lowest BCUT2D eigenvalue weighted by atomic mass is 9.93. The van der Waals surface area contributed by atoms with Crippen molar-refractivity contribution in [1.29, 1.82) is 0 Å². The van der Waals surface area contributed by atoms with Gasteiger partial charge in [-0.25, -0.2) is 4.79 Å². The summed E-state index contributed by atoms with van der Waals surface area (Å²) in [6.45, 7) is 11.8. The van der Waals surface area contributed by atoms with Gasteiger partial charge >= 0.3 is 5.97 Å². The van der Waals surface area contributed by atoms with Gasteiger partial charge in [0.2, 0.25) is 5.75 Å². The van der Waals surface area contributed by atoms with Gasteiger partial charge in [0.1, 0.15) is 11.4 Å². The Morgan fingerprint density at radius 3 is 1.98 bits per heavy atom. The molecule has 0 radical (unpaired) electrons. The molecule has 0 aliphatic heterocycles. The summed E-state index contributed by atoms with van der Waals surface area (Å²) in [7, 11) is 6.13. The Morgan fingerprint density at radius 2 is 1.36 bits per heavy atom. The van der Waals surface area contributed by atoms with Crippen molar-refractivity contribution in [1.82, 2.24) is 4.40 Å². The first-order valence-corrected chi connectivity index (χ1v) is 15.7. The van der Waals surface area contributed by atoms with Gasteiger partial charge < -0.3 is 37.6 Å². The second-order valence-corrected chi connectivity index (χ2v) is 11.9. The van der Waals surface area contributed by atoms with E-state index >= 15 is 0 Å². The summed E-state index contributed by atoms with van der Waals surface area (Å²) in [5.74, 6) is 2.71. The van der Waals surface area contributed by atoms with Gasteiger partial charge in [-0.1, -0.05) is 12.1 Å². The van der Waals surface area contributed by atoms with E-state index in [1.807, 2.05) is 107 Å². The standard InChI is InChI=1S/C38H43NO8/c1-21(2)45-26-13-11-12-25(18-26)32-33(27-14-15-29(41-7)37(43-9)36(27)47-23(5)6)35(38(40)44-10)39-17-16-24-19-31(46-22(3)4)30(42-8)20-28(24)34(32)39/h11-23H,1-10H3. The number of aromatic nitrogens is 1. The van der Waals surface area contributed by atoms with Crippen LogP contribution in [0.3, 0.4) is 0 Å². The van der Waals surface area contributed by atoms with Crippen molar-refractivity contribution in [2.45, 2.75) is 59.9 Å². The van der Waals surface area contributed by atoms with Crippen LogP contribution in [0.5, 0.6) is 34.5 Å². The summed E-state index contributed by atoms with van der Waals surface area (Å²) in [5.41, 5.74) is 3.90. The fourth-order valence-electron chi connectivity index (χ4n) is 5.87. The molecular weight excluding hydrogens is 598 g/mol. The highest BCUT2D eigenvalue weighted by Gasteiger charge is 2.32. The first-order valence-electron chi connectivity index (χ1n) is 15.7. The molecule has 2 aromatic heterocycles. The molecule has 0 N–H and O–H groups in total. The zero-order chi connectivity index (χ0) is 34.0. The molecule has 0 saturated heterocycles. The zero-order valence-corrected chi connectivity index (χ0v) is 28.7. The molecule has 3 aromatic carbocycles. The number of methoxy groups -OCH3 is 4. The van der Waals surface area contributed by atoms with E-state index in [1.165, 1.54) is 7.11 Å². The topological polar surface area (TPSA) is 86.1 Å². The predicted octanol–water partition coefficient (Wildman–Crippen LogP) is 8.60. The van der Waals surface area contributed by atoms with Crippen LogP contribution in [0.4, 0.5) is 0 Å². The second-order valence-electron chi connectivity index (χ2n) is 11.9. The van der Waals surface area contributed by atoms with E-state index in [1.54, 1.807) is 21.3 Å². The van der Waals surface area contributed by atoms with Gasteiger partial charge in [0.05, 0.1) is 52.3 Å². The van der Waals surface area contributed by atoms with Gasteiger partial charge in [-0.3, -0.25) is 0 Å². The van der Waals surface area contributed by atoms with Crippen LogP contribution in [0.25, 0.3) is 38.5 Å². The second kappa shape index (κ2) is 13.7. The van der Waals surface area contributed by atoms with Crippen LogP contribution in [0, 0.1) is 0 Å². The Labute approximate surface area is 275 Å². The molecule has 0 aliphatic carbocycles. The average molecular weight is 642 g/mol. The van der Waals surface area contributed by atoms with E-state index in [9.17, 15) is 4.79 Å². The Kier molecular flexibility index (Phi) is 9.75. The van der Waals surface area contributed by atoms with Crippen LogP contribution in [0.15, 0.2) is 60.8 Å². The fraction of sp³-hybridized carbons (Fsp3) is 0.342. The predicted molar refractivity (Wildman–Crippen MR) is 184 cm³/mol. The minimum atomic E-state index is -0.521. The Morgan fingerprint density at radius 1 is 0.660 bits per heavy atom. The van der Waals surface area contributed by atoms with Crippen molar-refractivity contribution in [3.63, 3.8) is 0 Å². The van der Waals surface area contributed by atoms with Gasteiger partial charge in [-0.05, 0) is 95.0 Å². The Bertz CT molecular complexity index is 1920. The molecule has 0 fully saturated rings. The number of hydrogen-bond acceptors (Lipinski definition) is 8. The summed E-state index contributed by atoms with van der Waals surface area (Å²) >= 11 is 0. The summed E-state index contributed by atoms with van der Waals surface area (Å²) < 4.78 is 43.3. The van der Waals surface area contributed by atoms with Crippen LogP contribution >= 0.6 is 0 Å². The van der Waals surface area contributed by atoms with Crippen molar-refractivity contribution >= 4 is 22.3 Å². The number of benzene rings is 3. The number of carbonyl (C=O) groups excluding carboxylic acids is 1. The van der Waals surface area contributed by atoms with Crippen molar-refractivity contribution in [2.75, 3.05) is 28.4 Å². The minimum absolute atomic E-state index is 0.0394. The Balaban J connectivity index is 2.03. The first-order chi connectivity index (χ1) is 22.5. The molecule has 0 unspecified atom stereocenters. The molecule has 0 amide bonds. The van der Waals surface area contributed by atoms with Crippen LogP contribution in [0.2, 0.25) is 0 Å². The van der Waals surface area contributed by atoms with Crippen LogP contribution in [-0.4, -0.2) is 57.1 Å². The van der Waals surface area contributed by atoms with Gasteiger partial charge in [0.15, 0.2) is 23.0 Å². The zero-order valence-electron chi connectivity index (χ0n) is 28.7. The third kappa shape index (κ3) is 6.35. The number of ether oxygens (including phenoxy) is 7. The maximum Gasteiger partial charge on any atom is 0.355 e. The smallest absolute Gasteiger partial charge is 0.355 e. The molecule has 0 spiro atoms. The monoisotopic (exact) mass is 641 g/mol. The van der Waals surface area contributed by atoms with Crippen LogP contribution in [0.1, 0.15) is 52.0 Å². The highest BCUT2D eigenvalue weighted by molar-refractivity contribution is 6.15. The Hall–Kier alpha value is -5.05. The van der Waals surface area contributed by atoms with E-state index in [-0.39, 0.29) is 18.3 Å². The summed E-state index contributed by atoms with van der Waals surface area (Å²) in [4.78, 5) is 13.9. The summed E-state index contributed by atoms with van der Waals surface area (Å²) in [6, 6.07) is 17.4. The third-order valence-electron chi connectivity index (χ3n) is 7.56. The lowest BCUT2D eigenvalue weighted by Gasteiger charge is -2.20. The molecule has 0 atom stereocenters. The van der Waals surface area contributed by atoms with Gasteiger partial charge in [-0.15, -0.1) is 0 Å². The molecule has 0 saturated carbocycles. The van der Waals surface area contributed by atoms with Crippen molar-refractivity contribution in [3.8, 4) is 56.8 Å². The van der Waals surface area contributed by atoms with Crippen molar-refractivity contribution in [2.24, 2.45) is 0 Å². The molecule has 0 aliphatic rings. The molecule has 0 bridgehead atoms. The SMILES string of the molecule is COC(=O)c1c(-c2ccc(OC)c(OC)c2OC(C)C)c(-c2cccc(OC(C)C)c2)c2c3cc(OC)c(OC(C)C)cc3ccn12. The number of pyridine rings is 1. The maximum absolute atomic E-state index is 13.9. The molecule has 5 aromatic rings. The van der Waals surface area contributed by atoms with Gasteiger partial charge in [0.25, 0.3) is 0 Å². The number of fused-ring (bicyclic) bond motifs is 3. The number of nitrogens with zero attached hydrogens (tertiary/aromatic N) is 1.